The van der Waals surface area contributed by atoms with Crippen molar-refractivity contribution in [3.05, 3.63) is 81.3 Å². The van der Waals surface area contributed by atoms with Crippen molar-refractivity contribution in [1.29, 1.82) is 0 Å². The maximum atomic E-state index is 6.49. The third-order valence-corrected chi connectivity index (χ3v) is 6.38. The fraction of sp³-hybridized carbons (Fsp3) is 0.250. The number of thioether (sulfide) groups is 1. The molecule has 0 aliphatic heterocycles. The van der Waals surface area contributed by atoms with Crippen LogP contribution in [-0.4, -0.2) is 15.3 Å². The monoisotopic (exact) mass is 483 g/mol. The van der Waals surface area contributed by atoms with E-state index >= 15 is 0 Å². The minimum absolute atomic E-state index is 0.0990. The summed E-state index contributed by atoms with van der Waals surface area (Å²) in [5, 5.41) is 5.00. The molecule has 0 radical (unpaired) electrons. The number of aromatic nitrogens is 2. The lowest BCUT2D eigenvalue weighted by Crippen LogP contribution is -2.28. The van der Waals surface area contributed by atoms with Crippen molar-refractivity contribution in [3.8, 4) is 0 Å². The fourth-order valence-electron chi connectivity index (χ4n) is 2.81. The Bertz CT molecular complexity index is 856. The average Bonchev–Trinajstić information content (AvgIpc) is 3.17. The van der Waals surface area contributed by atoms with Crippen molar-refractivity contribution in [2.75, 3.05) is 5.75 Å². The first-order valence-corrected chi connectivity index (χ1v) is 11.1. The molecule has 0 fully saturated rings. The lowest BCUT2D eigenvalue weighted by atomic mass is 10.0. The molecule has 27 heavy (non-hydrogen) atoms. The zero-order valence-corrected chi connectivity index (χ0v) is 18.7. The lowest BCUT2D eigenvalue weighted by molar-refractivity contribution is 0.371. The summed E-state index contributed by atoms with van der Waals surface area (Å²) in [5.74, 6) is 0.967. The molecule has 1 heterocycles. The Labute approximate surface area is 182 Å². The van der Waals surface area contributed by atoms with Gasteiger partial charge in [0.1, 0.15) is 0 Å². The zero-order valence-electron chi connectivity index (χ0n) is 14.8. The van der Waals surface area contributed by atoms with Crippen LogP contribution in [0.1, 0.15) is 31.1 Å². The van der Waals surface area contributed by atoms with E-state index in [1.165, 1.54) is 4.90 Å². The molecule has 3 aromatic rings. The van der Waals surface area contributed by atoms with Gasteiger partial charge in [0.25, 0.3) is 0 Å². The highest BCUT2D eigenvalue weighted by Gasteiger charge is 2.18. The van der Waals surface area contributed by atoms with E-state index in [1.54, 1.807) is 12.3 Å². The maximum Gasteiger partial charge on any atom is 0.0959 e. The van der Waals surface area contributed by atoms with Crippen LogP contribution in [0.4, 0.5) is 0 Å². The van der Waals surface area contributed by atoms with Gasteiger partial charge in [-0.25, -0.2) is 4.98 Å². The van der Waals surface area contributed by atoms with Gasteiger partial charge in [0.2, 0.25) is 0 Å². The molecule has 2 atom stereocenters. The molecular weight excluding hydrogens is 465 g/mol. The smallest absolute Gasteiger partial charge is 0.0959 e. The molecule has 7 heteroatoms. The number of benzene rings is 2. The molecule has 0 saturated carbocycles. The Hall–Kier alpha value is -0.980. The van der Waals surface area contributed by atoms with Crippen LogP contribution in [0.3, 0.4) is 0 Å². The molecule has 1 aromatic heterocycles. The topological polar surface area (TPSA) is 29.9 Å². The van der Waals surface area contributed by atoms with Crippen LogP contribution in [0.15, 0.2) is 70.6 Å². The normalized spacial score (nSPS) is 13.5. The Morgan fingerprint density at radius 2 is 1.96 bits per heavy atom. The first kappa shape index (κ1) is 20.7. The average molecular weight is 485 g/mol. The van der Waals surface area contributed by atoms with E-state index in [0.717, 1.165) is 22.2 Å². The summed E-state index contributed by atoms with van der Waals surface area (Å²) >= 11 is 17.9. The van der Waals surface area contributed by atoms with E-state index in [2.05, 4.69) is 57.4 Å². The Balaban J connectivity index is 1.71. The molecule has 0 saturated heterocycles. The van der Waals surface area contributed by atoms with Crippen LogP contribution in [0, 0.1) is 0 Å². The van der Waals surface area contributed by atoms with Crippen molar-refractivity contribution in [3.63, 3.8) is 0 Å². The summed E-state index contributed by atoms with van der Waals surface area (Å²) < 4.78 is 3.13. The highest BCUT2D eigenvalue weighted by atomic mass is 79.9. The molecule has 0 aliphatic rings. The zero-order chi connectivity index (χ0) is 19.2. The van der Waals surface area contributed by atoms with Gasteiger partial charge in [0.05, 0.1) is 12.5 Å². The fourth-order valence-corrected chi connectivity index (χ4v) is 4.54. The number of nitrogens with one attached hydrogen (secondary N) is 1. The molecular formula is C20H20BrCl2N3S. The van der Waals surface area contributed by atoms with Crippen molar-refractivity contribution >= 4 is 50.9 Å². The summed E-state index contributed by atoms with van der Waals surface area (Å²) in [4.78, 5) is 5.38. The molecule has 142 valence electrons. The molecule has 0 amide bonds. The summed E-state index contributed by atoms with van der Waals surface area (Å²) in [6.45, 7) is 2.11. The molecule has 0 spiro atoms. The largest absolute Gasteiger partial charge is 0.322 e. The predicted molar refractivity (Wildman–Crippen MR) is 119 cm³/mol. The molecule has 2 aromatic carbocycles. The standard InChI is InChI=1S/C20H20BrCl2N3S/c1-14(26-10-9-24-13-26)25-20(18-7-4-16(22)12-19(18)23)8-11-27-17-5-2-15(21)3-6-17/h2-7,9-10,12-14,20,25H,8,11H2,1H3. The van der Waals surface area contributed by atoms with Gasteiger partial charge in [-0.3, -0.25) is 5.32 Å². The number of halogens is 3. The van der Waals surface area contributed by atoms with Crippen LogP contribution in [0.5, 0.6) is 0 Å². The van der Waals surface area contributed by atoms with Crippen molar-refractivity contribution < 1.29 is 0 Å². The van der Waals surface area contributed by atoms with Gasteiger partial charge in [-0.1, -0.05) is 45.2 Å². The second-order valence-electron chi connectivity index (χ2n) is 6.16. The molecule has 0 bridgehead atoms. The summed E-state index contributed by atoms with van der Waals surface area (Å²) in [6.07, 6.45) is 6.58. The first-order chi connectivity index (χ1) is 13.0. The molecule has 2 unspecified atom stereocenters. The number of hydrogen-bond acceptors (Lipinski definition) is 3. The SMILES string of the molecule is CC(NC(CCSc1ccc(Br)cc1)c1ccc(Cl)cc1Cl)n1ccnc1. The molecule has 3 rings (SSSR count). The van der Waals surface area contributed by atoms with Crippen LogP contribution < -0.4 is 5.32 Å². The quantitative estimate of drug-likeness (QED) is 0.349. The minimum Gasteiger partial charge on any atom is -0.322 e. The Morgan fingerprint density at radius 1 is 1.19 bits per heavy atom. The van der Waals surface area contributed by atoms with Gasteiger partial charge in [0.15, 0.2) is 0 Å². The highest BCUT2D eigenvalue weighted by molar-refractivity contribution is 9.10. The van der Waals surface area contributed by atoms with Crippen molar-refractivity contribution in [2.24, 2.45) is 0 Å². The van der Waals surface area contributed by atoms with Crippen molar-refractivity contribution in [1.82, 2.24) is 14.9 Å². The molecule has 1 N–H and O–H groups in total. The number of rotatable bonds is 8. The molecule has 3 nitrogen and oxygen atoms in total. The second kappa shape index (κ2) is 9.99. The molecule has 0 aliphatic carbocycles. The van der Waals surface area contributed by atoms with Crippen LogP contribution in [-0.2, 0) is 0 Å². The summed E-state index contributed by atoms with van der Waals surface area (Å²) in [7, 11) is 0. The van der Waals surface area contributed by atoms with Crippen LogP contribution in [0.2, 0.25) is 10.0 Å². The summed E-state index contributed by atoms with van der Waals surface area (Å²) in [5.41, 5.74) is 1.06. The Kier molecular flexibility index (Phi) is 7.67. The predicted octanol–water partition coefficient (Wildman–Crippen LogP) is 6.98. The number of nitrogens with zero attached hydrogens (tertiary/aromatic N) is 2. The third kappa shape index (κ3) is 6.00. The Morgan fingerprint density at radius 3 is 2.63 bits per heavy atom. The van der Waals surface area contributed by atoms with Crippen LogP contribution >= 0.6 is 50.9 Å². The van der Waals surface area contributed by atoms with E-state index in [9.17, 15) is 0 Å². The van der Waals surface area contributed by atoms with Gasteiger partial charge in [-0.2, -0.15) is 0 Å². The summed E-state index contributed by atoms with van der Waals surface area (Å²) in [6, 6.07) is 14.2. The van der Waals surface area contributed by atoms with Gasteiger partial charge in [-0.05, 0) is 61.1 Å². The van der Waals surface area contributed by atoms with Gasteiger partial charge in [-0.15, -0.1) is 11.8 Å². The van der Waals surface area contributed by atoms with Crippen LogP contribution in [0.25, 0.3) is 0 Å². The highest BCUT2D eigenvalue weighted by Crippen LogP contribution is 2.31. The van der Waals surface area contributed by atoms with E-state index in [4.69, 9.17) is 23.2 Å². The third-order valence-electron chi connectivity index (χ3n) is 4.24. The second-order valence-corrected chi connectivity index (χ2v) is 9.09. The van der Waals surface area contributed by atoms with Gasteiger partial charge in [0, 0.05) is 37.8 Å². The van der Waals surface area contributed by atoms with Gasteiger partial charge >= 0.3 is 0 Å². The van der Waals surface area contributed by atoms with E-state index in [-0.39, 0.29) is 12.2 Å². The lowest BCUT2D eigenvalue weighted by Gasteiger charge is -2.25. The maximum absolute atomic E-state index is 6.49. The minimum atomic E-state index is 0.0990. The van der Waals surface area contributed by atoms with E-state index in [0.29, 0.717) is 10.0 Å². The van der Waals surface area contributed by atoms with E-state index in [1.807, 2.05) is 41.0 Å². The number of hydrogen-bond donors (Lipinski definition) is 1. The van der Waals surface area contributed by atoms with Crippen molar-refractivity contribution in [2.45, 2.75) is 30.4 Å². The van der Waals surface area contributed by atoms with Gasteiger partial charge < -0.3 is 4.57 Å². The number of imidazole rings is 1. The van der Waals surface area contributed by atoms with E-state index < -0.39 is 0 Å². The first-order valence-electron chi connectivity index (χ1n) is 8.60.